The number of carboxylic acids is 1. The van der Waals surface area contributed by atoms with Crippen LogP contribution in [0.4, 0.5) is 0 Å². The molecule has 144 valence electrons. The number of nitrogens with zero attached hydrogens (tertiary/aromatic N) is 1. The van der Waals surface area contributed by atoms with E-state index in [2.05, 4.69) is 5.32 Å². The molecule has 1 saturated heterocycles. The van der Waals surface area contributed by atoms with Crippen molar-refractivity contribution >= 4 is 19.5 Å². The van der Waals surface area contributed by atoms with Crippen molar-refractivity contribution < 1.29 is 29.0 Å². The van der Waals surface area contributed by atoms with Gasteiger partial charge >= 0.3 is 13.6 Å². The molecule has 25 heavy (non-hydrogen) atoms. The number of likely N-dealkylation sites (tertiary alicyclic amines) is 1. The Morgan fingerprint density at radius 3 is 2.48 bits per heavy atom. The van der Waals surface area contributed by atoms with E-state index in [0.29, 0.717) is 12.8 Å². The minimum atomic E-state index is -4.38. The average Bonchev–Trinajstić information content (AvgIpc) is 2.92. The quantitative estimate of drug-likeness (QED) is 0.496. The largest absolute Gasteiger partial charge is 0.480 e. The van der Waals surface area contributed by atoms with Crippen molar-refractivity contribution in [3.8, 4) is 0 Å². The highest BCUT2D eigenvalue weighted by Gasteiger charge is 2.48. The van der Waals surface area contributed by atoms with Crippen LogP contribution in [-0.4, -0.2) is 55.6 Å². The second-order valence-corrected chi connectivity index (χ2v) is 9.03. The Morgan fingerprint density at radius 1 is 1.28 bits per heavy atom. The third-order valence-electron chi connectivity index (χ3n) is 5.41. The van der Waals surface area contributed by atoms with E-state index in [1.165, 1.54) is 4.90 Å². The Balaban J connectivity index is 2.15. The normalized spacial score (nSPS) is 29.1. The molecule has 0 spiro atoms. The van der Waals surface area contributed by atoms with E-state index in [-0.39, 0.29) is 24.3 Å². The van der Waals surface area contributed by atoms with Gasteiger partial charge < -0.3 is 19.8 Å². The molecule has 1 amide bonds. The number of aliphatic carboxylic acids is 1. The predicted molar refractivity (Wildman–Crippen MR) is 92.0 cm³/mol. The third kappa shape index (κ3) is 4.61. The molecule has 9 heteroatoms. The summed E-state index contributed by atoms with van der Waals surface area (Å²) >= 11 is 0. The molecule has 1 unspecified atom stereocenters. The summed E-state index contributed by atoms with van der Waals surface area (Å²) in [5.74, 6) is -2.27. The van der Waals surface area contributed by atoms with E-state index in [0.717, 1.165) is 25.7 Å². The van der Waals surface area contributed by atoms with Gasteiger partial charge in [0.2, 0.25) is 5.91 Å². The number of carboxylic acid groups (broad SMARTS) is 1. The van der Waals surface area contributed by atoms with Crippen LogP contribution in [0.1, 0.15) is 58.8 Å². The van der Waals surface area contributed by atoms with E-state index in [4.69, 9.17) is 0 Å². The summed E-state index contributed by atoms with van der Waals surface area (Å²) in [5.41, 5.74) is 0. The summed E-state index contributed by atoms with van der Waals surface area (Å²) in [7, 11) is -4.38. The van der Waals surface area contributed by atoms with Crippen molar-refractivity contribution in [2.24, 2.45) is 5.92 Å². The molecule has 2 aliphatic rings. The molecule has 2 fully saturated rings. The molecule has 0 aromatic heterocycles. The number of carbonyl (C=O) groups is 2. The van der Waals surface area contributed by atoms with E-state index in [9.17, 15) is 29.0 Å². The van der Waals surface area contributed by atoms with Gasteiger partial charge in [0.05, 0.1) is 6.04 Å². The van der Waals surface area contributed by atoms with Crippen LogP contribution in [0.25, 0.3) is 0 Å². The first-order chi connectivity index (χ1) is 11.7. The molecule has 0 aromatic rings. The fourth-order valence-corrected chi connectivity index (χ4v) is 5.22. The second kappa shape index (κ2) is 8.16. The zero-order valence-electron chi connectivity index (χ0n) is 14.8. The lowest BCUT2D eigenvalue weighted by Gasteiger charge is -2.35. The zero-order valence-corrected chi connectivity index (χ0v) is 15.7. The summed E-state index contributed by atoms with van der Waals surface area (Å²) in [6.07, 6.45) is 5.03. The van der Waals surface area contributed by atoms with Gasteiger partial charge in [0.15, 0.2) is 0 Å². The molecule has 8 nitrogen and oxygen atoms in total. The first kappa shape index (κ1) is 20.4. The lowest BCUT2D eigenvalue weighted by molar-refractivity contribution is -0.150. The van der Waals surface area contributed by atoms with Crippen molar-refractivity contribution in [2.75, 3.05) is 0 Å². The Kier molecular flexibility index (Phi) is 6.65. The Hall–Kier alpha value is -0.950. The maximum absolute atomic E-state index is 12.9. The van der Waals surface area contributed by atoms with Crippen LogP contribution in [0.5, 0.6) is 0 Å². The maximum Gasteiger partial charge on any atom is 0.342 e. The number of hydrogen-bond donors (Lipinski definition) is 4. The van der Waals surface area contributed by atoms with Gasteiger partial charge in [0.25, 0.3) is 0 Å². The minimum absolute atomic E-state index is 0.0775. The molecule has 1 aliphatic carbocycles. The summed E-state index contributed by atoms with van der Waals surface area (Å²) < 4.78 is 11.6. The highest BCUT2D eigenvalue weighted by Crippen LogP contribution is 2.43. The van der Waals surface area contributed by atoms with E-state index < -0.39 is 31.4 Å². The third-order valence-corrected chi connectivity index (χ3v) is 6.63. The van der Waals surface area contributed by atoms with E-state index in [1.807, 2.05) is 6.92 Å². The van der Waals surface area contributed by atoms with Crippen LogP contribution in [0.15, 0.2) is 0 Å². The first-order valence-electron chi connectivity index (χ1n) is 9.03. The molecule has 4 N–H and O–H groups in total. The van der Waals surface area contributed by atoms with Crippen LogP contribution in [0.2, 0.25) is 0 Å². The number of carbonyl (C=O) groups excluding carboxylic acids is 1. The number of amides is 1. The fraction of sp³-hybridized carbons (Fsp3) is 0.875. The standard InChI is InChI=1S/C16H29N2O6P/c1-3-6-14(25(22,23)24)17-10(2)15(19)18-12-8-5-4-7-11(12)9-13(18)16(20)21/h10-14,17H,3-9H2,1-2H3,(H,20,21)(H2,22,23,24)/t10-,11-,12-,13-,14?/m0/s1. The molecular formula is C16H29N2O6P. The summed E-state index contributed by atoms with van der Waals surface area (Å²) in [5, 5.41) is 12.3. The van der Waals surface area contributed by atoms with Gasteiger partial charge in [0, 0.05) is 6.04 Å². The molecule has 1 aliphatic heterocycles. The van der Waals surface area contributed by atoms with Crippen molar-refractivity contribution in [3.63, 3.8) is 0 Å². The average molecular weight is 376 g/mol. The van der Waals surface area contributed by atoms with Crippen LogP contribution < -0.4 is 5.32 Å². The molecule has 0 radical (unpaired) electrons. The lowest BCUT2D eigenvalue weighted by atomic mass is 9.84. The van der Waals surface area contributed by atoms with E-state index >= 15 is 0 Å². The molecule has 1 saturated carbocycles. The minimum Gasteiger partial charge on any atom is -0.480 e. The van der Waals surface area contributed by atoms with Crippen LogP contribution >= 0.6 is 7.60 Å². The van der Waals surface area contributed by atoms with Gasteiger partial charge in [-0.3, -0.25) is 14.7 Å². The van der Waals surface area contributed by atoms with E-state index in [1.54, 1.807) is 6.92 Å². The van der Waals surface area contributed by atoms with Crippen LogP contribution in [-0.2, 0) is 14.2 Å². The molecule has 5 atom stereocenters. The molecule has 1 heterocycles. The number of rotatable bonds is 7. The lowest BCUT2D eigenvalue weighted by Crippen LogP contribution is -2.54. The van der Waals surface area contributed by atoms with Crippen molar-refractivity contribution in [2.45, 2.75) is 82.7 Å². The molecule has 2 rings (SSSR count). The summed E-state index contributed by atoms with van der Waals surface area (Å²) in [4.78, 5) is 44.9. The zero-order chi connectivity index (χ0) is 18.8. The number of nitrogens with one attached hydrogen (secondary N) is 1. The Labute approximate surface area is 148 Å². The van der Waals surface area contributed by atoms with Gasteiger partial charge in [-0.2, -0.15) is 0 Å². The van der Waals surface area contributed by atoms with Crippen molar-refractivity contribution in [1.82, 2.24) is 10.2 Å². The van der Waals surface area contributed by atoms with Crippen molar-refractivity contribution in [3.05, 3.63) is 0 Å². The maximum atomic E-state index is 12.9. The van der Waals surface area contributed by atoms with Crippen LogP contribution in [0, 0.1) is 5.92 Å². The second-order valence-electron chi connectivity index (χ2n) is 7.23. The predicted octanol–water partition coefficient (Wildman–Crippen LogP) is 1.51. The SMILES string of the molecule is CCCC(N[C@@H](C)C(=O)N1[C@H](C(=O)O)C[C@@H]2CCCC[C@@H]21)P(=O)(O)O. The number of fused-ring (bicyclic) bond motifs is 1. The Morgan fingerprint density at radius 2 is 1.92 bits per heavy atom. The van der Waals surface area contributed by atoms with Gasteiger partial charge in [0.1, 0.15) is 11.8 Å². The van der Waals surface area contributed by atoms with Crippen molar-refractivity contribution in [1.29, 1.82) is 0 Å². The molecule has 0 bridgehead atoms. The van der Waals surface area contributed by atoms with Gasteiger partial charge in [-0.1, -0.05) is 26.2 Å². The monoisotopic (exact) mass is 376 g/mol. The highest BCUT2D eigenvalue weighted by atomic mass is 31.2. The van der Waals surface area contributed by atoms with Gasteiger partial charge in [-0.15, -0.1) is 0 Å². The van der Waals surface area contributed by atoms with Crippen LogP contribution in [0.3, 0.4) is 0 Å². The number of hydrogen-bond acceptors (Lipinski definition) is 4. The van der Waals surface area contributed by atoms with Gasteiger partial charge in [-0.25, -0.2) is 4.79 Å². The summed E-state index contributed by atoms with van der Waals surface area (Å²) in [6.45, 7) is 3.36. The highest BCUT2D eigenvalue weighted by molar-refractivity contribution is 7.52. The summed E-state index contributed by atoms with van der Waals surface area (Å²) in [6, 6.07) is -1.76. The molecule has 0 aromatic carbocycles. The Bertz CT molecular complexity index is 551. The topological polar surface area (TPSA) is 127 Å². The first-order valence-corrected chi connectivity index (χ1v) is 10.7. The fourth-order valence-electron chi connectivity index (χ4n) is 4.20. The van der Waals surface area contributed by atoms with Gasteiger partial charge in [-0.05, 0) is 38.5 Å². The molecular weight excluding hydrogens is 347 g/mol. The smallest absolute Gasteiger partial charge is 0.342 e.